The van der Waals surface area contributed by atoms with Crippen LogP contribution >= 0.6 is 0 Å². The summed E-state index contributed by atoms with van der Waals surface area (Å²) in [6.45, 7) is 1.53. The van der Waals surface area contributed by atoms with E-state index in [1.807, 2.05) is 0 Å². The zero-order chi connectivity index (χ0) is 14.8. The zero-order valence-electron chi connectivity index (χ0n) is 10.9. The van der Waals surface area contributed by atoms with Crippen LogP contribution in [0.5, 0.6) is 5.75 Å². The summed E-state index contributed by atoms with van der Waals surface area (Å²) < 4.78 is 28.3. The van der Waals surface area contributed by atoms with Crippen molar-refractivity contribution in [3.05, 3.63) is 42.0 Å². The molecule has 0 radical (unpaired) electrons. The largest absolute Gasteiger partial charge is 0.478 e. The molecule has 0 heterocycles. The third-order valence-electron chi connectivity index (χ3n) is 2.90. The van der Waals surface area contributed by atoms with E-state index in [4.69, 9.17) is 9.84 Å². The number of aromatic carboxylic acids is 1. The van der Waals surface area contributed by atoms with Crippen molar-refractivity contribution in [2.75, 3.05) is 11.7 Å². The highest BCUT2D eigenvalue weighted by atomic mass is 32.2. The Bertz CT molecular complexity index is 749. The highest BCUT2D eigenvalue weighted by molar-refractivity contribution is 7.91. The van der Waals surface area contributed by atoms with Gasteiger partial charge in [0.1, 0.15) is 5.75 Å². The van der Waals surface area contributed by atoms with Gasteiger partial charge < -0.3 is 9.84 Å². The fourth-order valence-corrected chi connectivity index (χ4v) is 2.23. The lowest BCUT2D eigenvalue weighted by atomic mass is 10.1. The lowest BCUT2D eigenvalue weighted by Gasteiger charge is -2.10. The van der Waals surface area contributed by atoms with Gasteiger partial charge in [0.2, 0.25) is 0 Å². The number of carbonyl (C=O) groups is 1. The molecule has 0 saturated heterocycles. The number of benzene rings is 2. The van der Waals surface area contributed by atoms with Crippen LogP contribution in [-0.2, 0) is 9.84 Å². The first kappa shape index (κ1) is 14.3. The number of carboxylic acids is 1. The number of hydrogen-bond acceptors (Lipinski definition) is 4. The molecular weight excluding hydrogens is 280 g/mol. The van der Waals surface area contributed by atoms with Crippen LogP contribution in [-0.4, -0.2) is 31.2 Å². The van der Waals surface area contributed by atoms with E-state index in [-0.39, 0.29) is 17.1 Å². The van der Waals surface area contributed by atoms with Crippen molar-refractivity contribution in [1.82, 2.24) is 0 Å². The number of rotatable bonds is 5. The van der Waals surface area contributed by atoms with Crippen LogP contribution in [0.1, 0.15) is 17.3 Å². The maximum Gasteiger partial charge on any atom is 0.335 e. The van der Waals surface area contributed by atoms with Crippen LogP contribution in [0.25, 0.3) is 10.8 Å². The van der Waals surface area contributed by atoms with Gasteiger partial charge in [-0.05, 0) is 17.5 Å². The third-order valence-corrected chi connectivity index (χ3v) is 4.26. The molecule has 0 aromatic heterocycles. The third kappa shape index (κ3) is 3.08. The molecule has 2 aromatic carbocycles. The summed E-state index contributed by atoms with van der Waals surface area (Å²) in [5.41, 5.74) is 0.0626. The first-order valence-electron chi connectivity index (χ1n) is 6.02. The van der Waals surface area contributed by atoms with Crippen LogP contribution in [0.3, 0.4) is 0 Å². The lowest BCUT2D eigenvalue weighted by Crippen LogP contribution is -2.14. The summed E-state index contributed by atoms with van der Waals surface area (Å²) >= 11 is 0. The molecule has 0 bridgehead atoms. The summed E-state index contributed by atoms with van der Waals surface area (Å²) in [7, 11) is -3.29. The Morgan fingerprint density at radius 1 is 1.25 bits per heavy atom. The highest BCUT2D eigenvalue weighted by Gasteiger charge is 2.13. The molecule has 0 unspecified atom stereocenters. The van der Waals surface area contributed by atoms with E-state index in [2.05, 4.69) is 0 Å². The van der Waals surface area contributed by atoms with Gasteiger partial charge in [-0.25, -0.2) is 13.2 Å². The molecule has 106 valence electrons. The van der Waals surface area contributed by atoms with Crippen molar-refractivity contribution < 1.29 is 23.1 Å². The lowest BCUT2D eigenvalue weighted by molar-refractivity contribution is 0.0696. The van der Waals surface area contributed by atoms with Crippen molar-refractivity contribution in [2.24, 2.45) is 0 Å². The number of hydrogen-bond donors (Lipinski definition) is 1. The fourth-order valence-electron chi connectivity index (χ4n) is 1.75. The average Bonchev–Trinajstić information content (AvgIpc) is 2.44. The molecular formula is C14H14O5S. The number of ether oxygens (including phenoxy) is 1. The van der Waals surface area contributed by atoms with E-state index < -0.39 is 21.7 Å². The molecule has 0 fully saturated rings. The van der Waals surface area contributed by atoms with Crippen LogP contribution in [0.4, 0.5) is 0 Å². The molecule has 0 aliphatic heterocycles. The van der Waals surface area contributed by atoms with Crippen LogP contribution in [0.15, 0.2) is 36.4 Å². The summed E-state index contributed by atoms with van der Waals surface area (Å²) in [5, 5.41) is 10.4. The van der Waals surface area contributed by atoms with E-state index in [9.17, 15) is 13.2 Å². The number of carboxylic acid groups (broad SMARTS) is 1. The smallest absolute Gasteiger partial charge is 0.335 e. The minimum atomic E-state index is -3.29. The van der Waals surface area contributed by atoms with Gasteiger partial charge in [0.05, 0.1) is 11.3 Å². The molecule has 20 heavy (non-hydrogen) atoms. The predicted octanol–water partition coefficient (Wildman–Crippen LogP) is 2.31. The average molecular weight is 294 g/mol. The van der Waals surface area contributed by atoms with Crippen LogP contribution in [0, 0.1) is 0 Å². The molecule has 2 rings (SSSR count). The van der Waals surface area contributed by atoms with Crippen molar-refractivity contribution >= 4 is 26.6 Å². The van der Waals surface area contributed by atoms with E-state index >= 15 is 0 Å². The Balaban J connectivity index is 2.47. The van der Waals surface area contributed by atoms with Crippen molar-refractivity contribution in [3.8, 4) is 5.75 Å². The Labute approximate surface area is 116 Å². The highest BCUT2D eigenvalue weighted by Crippen LogP contribution is 2.28. The second kappa shape index (κ2) is 5.50. The molecule has 0 saturated carbocycles. The van der Waals surface area contributed by atoms with Crippen molar-refractivity contribution in [1.29, 1.82) is 0 Å². The van der Waals surface area contributed by atoms with E-state index in [1.54, 1.807) is 24.3 Å². The summed E-state index contributed by atoms with van der Waals surface area (Å²) in [6, 6.07) is 9.94. The predicted molar refractivity (Wildman–Crippen MR) is 75.9 cm³/mol. The van der Waals surface area contributed by atoms with Gasteiger partial charge in [0.25, 0.3) is 0 Å². The van der Waals surface area contributed by atoms with Gasteiger partial charge in [0.15, 0.2) is 15.8 Å². The molecule has 6 heteroatoms. The SMILES string of the molecule is CCS(=O)(=O)COc1cc(C(=O)O)cc2ccccc12. The standard InChI is InChI=1S/C14H14O5S/c1-2-20(17,18)9-19-13-8-11(14(15)16)7-10-5-3-4-6-12(10)13/h3-8H,2,9H2,1H3,(H,15,16). The topological polar surface area (TPSA) is 80.7 Å². The molecule has 1 N–H and O–H groups in total. The van der Waals surface area contributed by atoms with Crippen LogP contribution in [0.2, 0.25) is 0 Å². The van der Waals surface area contributed by atoms with E-state index in [0.29, 0.717) is 10.8 Å². The van der Waals surface area contributed by atoms with Gasteiger partial charge in [-0.15, -0.1) is 0 Å². The molecule has 5 nitrogen and oxygen atoms in total. The normalized spacial score (nSPS) is 11.4. The van der Waals surface area contributed by atoms with E-state index in [0.717, 1.165) is 0 Å². The van der Waals surface area contributed by atoms with Gasteiger partial charge in [-0.1, -0.05) is 31.2 Å². The minimum Gasteiger partial charge on any atom is -0.478 e. The molecule has 0 aliphatic rings. The first-order chi connectivity index (χ1) is 9.43. The monoisotopic (exact) mass is 294 g/mol. The van der Waals surface area contributed by atoms with Gasteiger partial charge in [-0.2, -0.15) is 0 Å². The maximum atomic E-state index is 11.5. The Kier molecular flexibility index (Phi) is 3.94. The minimum absolute atomic E-state index is 0.0243. The van der Waals surface area contributed by atoms with Crippen molar-refractivity contribution in [3.63, 3.8) is 0 Å². The molecule has 0 aliphatic carbocycles. The Morgan fingerprint density at radius 3 is 2.60 bits per heavy atom. The number of sulfone groups is 1. The summed E-state index contributed by atoms with van der Waals surface area (Å²) in [6.07, 6.45) is 0. The van der Waals surface area contributed by atoms with Crippen molar-refractivity contribution in [2.45, 2.75) is 6.92 Å². The van der Waals surface area contributed by atoms with Crippen LogP contribution < -0.4 is 4.74 Å². The first-order valence-corrected chi connectivity index (χ1v) is 7.84. The van der Waals surface area contributed by atoms with Gasteiger partial charge >= 0.3 is 5.97 Å². The Hall–Kier alpha value is -2.08. The van der Waals surface area contributed by atoms with Gasteiger partial charge in [-0.3, -0.25) is 0 Å². The summed E-state index contributed by atoms with van der Waals surface area (Å²) in [4.78, 5) is 11.1. The summed E-state index contributed by atoms with van der Waals surface area (Å²) in [5.74, 6) is -1.31. The second-order valence-electron chi connectivity index (χ2n) is 4.30. The molecule has 0 spiro atoms. The fraction of sp³-hybridized carbons (Fsp3) is 0.214. The maximum absolute atomic E-state index is 11.5. The van der Waals surface area contributed by atoms with Gasteiger partial charge in [0, 0.05) is 5.39 Å². The quantitative estimate of drug-likeness (QED) is 0.915. The molecule has 0 atom stereocenters. The molecule has 2 aromatic rings. The van der Waals surface area contributed by atoms with E-state index in [1.165, 1.54) is 19.1 Å². The molecule has 0 amide bonds. The second-order valence-corrected chi connectivity index (χ2v) is 6.60. The Morgan fingerprint density at radius 2 is 1.95 bits per heavy atom. The zero-order valence-corrected chi connectivity index (χ0v) is 11.7. The number of fused-ring (bicyclic) bond motifs is 1.